The van der Waals surface area contributed by atoms with E-state index in [1.165, 1.54) is 27.5 Å². The van der Waals surface area contributed by atoms with Crippen molar-refractivity contribution in [3.05, 3.63) is 54.9 Å². The van der Waals surface area contributed by atoms with E-state index in [0.29, 0.717) is 0 Å². The molecule has 3 heteroatoms. The van der Waals surface area contributed by atoms with Crippen LogP contribution in [0.3, 0.4) is 0 Å². The zero-order valence-corrected chi connectivity index (χ0v) is 11.7. The van der Waals surface area contributed by atoms with Crippen LogP contribution in [-0.4, -0.2) is 23.2 Å². The fourth-order valence-corrected chi connectivity index (χ4v) is 3.03. The summed E-state index contributed by atoms with van der Waals surface area (Å²) < 4.78 is 2.26. The first-order valence-corrected chi connectivity index (χ1v) is 6.86. The van der Waals surface area contributed by atoms with Gasteiger partial charge in [-0.3, -0.25) is 0 Å². The maximum absolute atomic E-state index is 2.29. The van der Waals surface area contributed by atoms with Gasteiger partial charge >= 0.3 is 0 Å². The molecule has 1 aliphatic heterocycles. The number of hydrogen-bond donors (Lipinski definition) is 0. The zero-order valence-electron chi connectivity index (χ0n) is 11.7. The first-order valence-electron chi connectivity index (χ1n) is 6.86. The summed E-state index contributed by atoms with van der Waals surface area (Å²) in [4.78, 5) is 4.44. The summed E-state index contributed by atoms with van der Waals surface area (Å²) in [5, 5.41) is 2.65. The van der Waals surface area contributed by atoms with Crippen molar-refractivity contribution in [2.24, 2.45) is 7.05 Å². The van der Waals surface area contributed by atoms with Gasteiger partial charge in [-0.25, -0.2) is 0 Å². The molecular formula is C17H17N3. The summed E-state index contributed by atoms with van der Waals surface area (Å²) in [6.45, 7) is 0.913. The molecule has 2 aromatic carbocycles. The molecule has 0 saturated heterocycles. The van der Waals surface area contributed by atoms with Crippen LogP contribution in [0.1, 0.15) is 0 Å². The van der Waals surface area contributed by atoms with E-state index in [9.17, 15) is 0 Å². The van der Waals surface area contributed by atoms with Crippen molar-refractivity contribution >= 4 is 27.5 Å². The molecule has 20 heavy (non-hydrogen) atoms. The van der Waals surface area contributed by atoms with Crippen LogP contribution in [-0.2, 0) is 7.05 Å². The molecule has 3 nitrogen and oxygen atoms in total. The monoisotopic (exact) mass is 263 g/mol. The van der Waals surface area contributed by atoms with Crippen molar-refractivity contribution < 1.29 is 0 Å². The van der Waals surface area contributed by atoms with E-state index in [2.05, 4.69) is 83.3 Å². The summed E-state index contributed by atoms with van der Waals surface area (Å²) in [6, 6.07) is 15.3. The Kier molecular flexibility index (Phi) is 2.30. The van der Waals surface area contributed by atoms with Crippen LogP contribution in [0.2, 0.25) is 0 Å². The Labute approximate surface area is 118 Å². The fraction of sp³-hybridized carbons (Fsp3) is 0.176. The zero-order chi connectivity index (χ0) is 13.7. The number of anilines is 1. The van der Waals surface area contributed by atoms with E-state index in [0.717, 1.165) is 6.67 Å². The van der Waals surface area contributed by atoms with E-state index in [1.54, 1.807) is 0 Å². The average Bonchev–Trinajstić information content (AvgIpc) is 3.03. The molecule has 0 bridgehead atoms. The number of rotatable bonds is 1. The predicted molar refractivity (Wildman–Crippen MR) is 84.7 cm³/mol. The van der Waals surface area contributed by atoms with E-state index in [4.69, 9.17) is 0 Å². The first kappa shape index (κ1) is 11.4. The van der Waals surface area contributed by atoms with Crippen molar-refractivity contribution in [2.75, 3.05) is 18.6 Å². The third-order valence-corrected chi connectivity index (χ3v) is 4.11. The lowest BCUT2D eigenvalue weighted by molar-refractivity contribution is 0.496. The van der Waals surface area contributed by atoms with Gasteiger partial charge in [0.05, 0.1) is 6.67 Å². The highest BCUT2D eigenvalue weighted by Crippen LogP contribution is 2.31. The predicted octanol–water partition coefficient (Wildman–Crippen LogP) is 3.51. The molecule has 0 amide bonds. The topological polar surface area (TPSA) is 11.4 Å². The van der Waals surface area contributed by atoms with Gasteiger partial charge in [-0.1, -0.05) is 18.2 Å². The number of aromatic nitrogens is 1. The first-order chi connectivity index (χ1) is 9.74. The van der Waals surface area contributed by atoms with E-state index in [-0.39, 0.29) is 0 Å². The van der Waals surface area contributed by atoms with Crippen LogP contribution in [0.5, 0.6) is 0 Å². The lowest BCUT2D eigenvalue weighted by atomic mass is 10.1. The third kappa shape index (κ3) is 1.53. The SMILES string of the molecule is CN1C=CN(c2ccc3c(c2)c2ccccc2n3C)C1. The lowest BCUT2D eigenvalue weighted by Gasteiger charge is -2.18. The molecule has 4 rings (SSSR count). The summed E-state index contributed by atoms with van der Waals surface area (Å²) in [6.07, 6.45) is 4.24. The van der Waals surface area contributed by atoms with Crippen molar-refractivity contribution in [1.82, 2.24) is 9.47 Å². The molecule has 0 fully saturated rings. The second kappa shape index (κ2) is 4.04. The van der Waals surface area contributed by atoms with Crippen LogP contribution >= 0.6 is 0 Å². The normalized spacial score (nSPS) is 14.9. The Morgan fingerprint density at radius 1 is 0.850 bits per heavy atom. The molecular weight excluding hydrogens is 246 g/mol. The van der Waals surface area contributed by atoms with Gasteiger partial charge in [0, 0.05) is 54.0 Å². The average molecular weight is 263 g/mol. The van der Waals surface area contributed by atoms with Crippen LogP contribution < -0.4 is 4.90 Å². The number of hydrogen-bond acceptors (Lipinski definition) is 2. The Morgan fingerprint density at radius 3 is 2.45 bits per heavy atom. The third-order valence-electron chi connectivity index (χ3n) is 4.11. The summed E-state index contributed by atoms with van der Waals surface area (Å²) in [5.41, 5.74) is 3.81. The molecule has 0 saturated carbocycles. The number of nitrogens with zero attached hydrogens (tertiary/aromatic N) is 3. The van der Waals surface area contributed by atoms with Gasteiger partial charge in [-0.05, 0) is 24.3 Å². The Morgan fingerprint density at radius 2 is 1.65 bits per heavy atom. The van der Waals surface area contributed by atoms with Gasteiger partial charge in [0.15, 0.2) is 0 Å². The van der Waals surface area contributed by atoms with Crippen molar-refractivity contribution in [2.45, 2.75) is 0 Å². The molecule has 0 aliphatic carbocycles. The molecule has 0 unspecified atom stereocenters. The second-order valence-corrected chi connectivity index (χ2v) is 5.44. The molecule has 1 aromatic heterocycles. The highest BCUT2D eigenvalue weighted by Gasteiger charge is 2.13. The second-order valence-electron chi connectivity index (χ2n) is 5.44. The molecule has 0 atom stereocenters. The van der Waals surface area contributed by atoms with Gasteiger partial charge in [0.2, 0.25) is 0 Å². The summed E-state index contributed by atoms with van der Waals surface area (Å²) in [5.74, 6) is 0. The maximum atomic E-state index is 2.29. The van der Waals surface area contributed by atoms with E-state index < -0.39 is 0 Å². The van der Waals surface area contributed by atoms with Crippen LogP contribution in [0.4, 0.5) is 5.69 Å². The number of aryl methyl sites for hydroxylation is 1. The van der Waals surface area contributed by atoms with E-state index >= 15 is 0 Å². The lowest BCUT2D eigenvalue weighted by Crippen LogP contribution is -2.21. The fourth-order valence-electron chi connectivity index (χ4n) is 3.03. The molecule has 0 spiro atoms. The number of benzene rings is 2. The van der Waals surface area contributed by atoms with Gasteiger partial charge in [0.25, 0.3) is 0 Å². The quantitative estimate of drug-likeness (QED) is 0.665. The van der Waals surface area contributed by atoms with Crippen LogP contribution in [0.25, 0.3) is 21.8 Å². The van der Waals surface area contributed by atoms with Gasteiger partial charge < -0.3 is 14.4 Å². The Bertz CT molecular complexity index is 829. The number of para-hydroxylation sites is 1. The minimum atomic E-state index is 0.913. The van der Waals surface area contributed by atoms with E-state index in [1.807, 2.05) is 0 Å². The van der Waals surface area contributed by atoms with Crippen molar-refractivity contribution in [3.8, 4) is 0 Å². The minimum Gasteiger partial charge on any atom is -0.361 e. The van der Waals surface area contributed by atoms with Crippen molar-refractivity contribution in [3.63, 3.8) is 0 Å². The smallest absolute Gasteiger partial charge is 0.0938 e. The standard InChI is InChI=1S/C17H17N3/c1-18-9-10-20(12-18)13-7-8-17-15(11-13)14-5-3-4-6-16(14)19(17)2/h3-11H,12H2,1-2H3. The molecule has 3 aromatic rings. The summed E-state index contributed by atoms with van der Waals surface area (Å²) in [7, 11) is 4.22. The maximum Gasteiger partial charge on any atom is 0.0938 e. The molecule has 100 valence electrons. The van der Waals surface area contributed by atoms with Gasteiger partial charge in [-0.2, -0.15) is 0 Å². The Balaban J connectivity index is 1.95. The summed E-state index contributed by atoms with van der Waals surface area (Å²) >= 11 is 0. The van der Waals surface area contributed by atoms with Crippen LogP contribution in [0, 0.1) is 0 Å². The molecule has 2 heterocycles. The Hall–Kier alpha value is -2.42. The molecule has 1 aliphatic rings. The van der Waals surface area contributed by atoms with Crippen molar-refractivity contribution in [1.29, 1.82) is 0 Å². The number of fused-ring (bicyclic) bond motifs is 3. The molecule has 0 N–H and O–H groups in total. The van der Waals surface area contributed by atoms with Gasteiger partial charge in [0.1, 0.15) is 0 Å². The van der Waals surface area contributed by atoms with Gasteiger partial charge in [-0.15, -0.1) is 0 Å². The highest BCUT2D eigenvalue weighted by atomic mass is 15.3. The largest absolute Gasteiger partial charge is 0.361 e. The minimum absolute atomic E-state index is 0.913. The molecule has 0 radical (unpaired) electrons. The van der Waals surface area contributed by atoms with Crippen LogP contribution in [0.15, 0.2) is 54.9 Å². The highest BCUT2D eigenvalue weighted by molar-refractivity contribution is 6.09.